The Morgan fingerprint density at radius 1 is 1.00 bits per heavy atom. The van der Waals surface area contributed by atoms with Gasteiger partial charge in [0.05, 0.1) is 37.5 Å². The zero-order chi connectivity index (χ0) is 24.0. The number of ketones is 1. The Morgan fingerprint density at radius 2 is 1.67 bits per heavy atom. The first kappa shape index (κ1) is 24.3. The van der Waals surface area contributed by atoms with Crippen molar-refractivity contribution >= 4 is 17.4 Å². The van der Waals surface area contributed by atoms with E-state index < -0.39 is 17.7 Å². The average molecular weight is 454 g/mol. The summed E-state index contributed by atoms with van der Waals surface area (Å²) >= 11 is 0. The van der Waals surface area contributed by atoms with E-state index in [0.29, 0.717) is 35.8 Å². The molecule has 176 valence electrons. The molecule has 0 aliphatic carbocycles. The minimum absolute atomic E-state index is 0.00736. The van der Waals surface area contributed by atoms with E-state index in [1.807, 2.05) is 39.8 Å². The van der Waals surface area contributed by atoms with Crippen LogP contribution in [-0.4, -0.2) is 54.2 Å². The summed E-state index contributed by atoms with van der Waals surface area (Å²) in [5.74, 6) is -0.368. The Balaban J connectivity index is 2.07. The lowest BCUT2D eigenvalue weighted by molar-refractivity contribution is -0.140. The summed E-state index contributed by atoms with van der Waals surface area (Å²) in [6, 6.07) is 13.3. The maximum absolute atomic E-state index is 13.1. The van der Waals surface area contributed by atoms with Crippen molar-refractivity contribution in [3.8, 4) is 11.5 Å². The lowest BCUT2D eigenvalue weighted by Gasteiger charge is -2.26. The molecule has 2 aromatic carbocycles. The summed E-state index contributed by atoms with van der Waals surface area (Å²) in [5, 5.41) is 11.2. The third kappa shape index (κ3) is 5.54. The van der Waals surface area contributed by atoms with Crippen molar-refractivity contribution in [2.45, 2.75) is 39.8 Å². The minimum Gasteiger partial charge on any atom is -0.507 e. The second kappa shape index (κ2) is 11.0. The first-order chi connectivity index (χ1) is 15.9. The molecule has 0 saturated carbocycles. The van der Waals surface area contributed by atoms with E-state index in [2.05, 4.69) is 0 Å². The molecule has 7 nitrogen and oxygen atoms in total. The molecular weight excluding hydrogens is 422 g/mol. The molecule has 1 fully saturated rings. The molecule has 1 N–H and O–H groups in total. The van der Waals surface area contributed by atoms with Gasteiger partial charge in [-0.25, -0.2) is 0 Å². The second-order valence-electron chi connectivity index (χ2n) is 7.87. The van der Waals surface area contributed by atoms with E-state index in [1.54, 1.807) is 36.4 Å². The number of aliphatic hydroxyl groups is 1. The molecule has 0 bridgehead atoms. The maximum atomic E-state index is 13.1. The number of hydrogen-bond acceptors (Lipinski definition) is 6. The van der Waals surface area contributed by atoms with Crippen LogP contribution in [0.4, 0.5) is 0 Å². The number of carbonyl (C=O) groups excluding carboxylic acids is 2. The van der Waals surface area contributed by atoms with Crippen molar-refractivity contribution in [3.05, 3.63) is 65.2 Å². The summed E-state index contributed by atoms with van der Waals surface area (Å²) in [4.78, 5) is 27.5. The van der Waals surface area contributed by atoms with Gasteiger partial charge in [-0.05, 0) is 57.5 Å². The highest BCUT2D eigenvalue weighted by molar-refractivity contribution is 6.46. The zero-order valence-electron chi connectivity index (χ0n) is 19.5. The Bertz CT molecular complexity index is 1010. The molecule has 3 rings (SSSR count). The number of likely N-dealkylation sites (tertiary alicyclic amines) is 1. The predicted octanol–water partition coefficient (Wildman–Crippen LogP) is 4.33. The molecule has 1 atom stereocenters. The fraction of sp³-hybridized carbons (Fsp3) is 0.385. The smallest absolute Gasteiger partial charge is 0.295 e. The molecule has 0 aromatic heterocycles. The van der Waals surface area contributed by atoms with E-state index in [9.17, 15) is 14.7 Å². The molecule has 7 heteroatoms. The van der Waals surface area contributed by atoms with Crippen molar-refractivity contribution < 1.29 is 28.9 Å². The quantitative estimate of drug-likeness (QED) is 0.327. The van der Waals surface area contributed by atoms with Crippen LogP contribution in [0.2, 0.25) is 0 Å². The van der Waals surface area contributed by atoms with Gasteiger partial charge in [-0.3, -0.25) is 9.59 Å². The molecule has 33 heavy (non-hydrogen) atoms. The first-order valence-electron chi connectivity index (χ1n) is 11.2. The van der Waals surface area contributed by atoms with Crippen LogP contribution >= 0.6 is 0 Å². The Hall–Kier alpha value is -3.32. The van der Waals surface area contributed by atoms with Gasteiger partial charge >= 0.3 is 0 Å². The molecule has 1 saturated heterocycles. The maximum Gasteiger partial charge on any atom is 0.295 e. The van der Waals surface area contributed by atoms with Gasteiger partial charge < -0.3 is 24.2 Å². The largest absolute Gasteiger partial charge is 0.507 e. The van der Waals surface area contributed by atoms with Gasteiger partial charge in [0, 0.05) is 12.1 Å². The number of carbonyl (C=O) groups is 2. The van der Waals surface area contributed by atoms with Gasteiger partial charge in [0.15, 0.2) is 0 Å². The normalized spacial score (nSPS) is 17.6. The summed E-state index contributed by atoms with van der Waals surface area (Å²) in [6.45, 7) is 9.07. The van der Waals surface area contributed by atoms with Gasteiger partial charge in [0.2, 0.25) is 0 Å². The van der Waals surface area contributed by atoms with Crippen LogP contribution in [0.1, 0.15) is 44.9 Å². The number of rotatable bonds is 10. The number of Topliss-reactive ketones (excluding diaryl/α,β-unsaturated/α-hetero) is 1. The van der Waals surface area contributed by atoms with Gasteiger partial charge in [-0.2, -0.15) is 0 Å². The second-order valence-corrected chi connectivity index (χ2v) is 7.87. The van der Waals surface area contributed by atoms with Gasteiger partial charge in [0.1, 0.15) is 17.3 Å². The highest BCUT2D eigenvalue weighted by atomic mass is 16.5. The highest BCUT2D eigenvalue weighted by Gasteiger charge is 2.45. The standard InChI is InChI=1S/C26H31NO6/c1-5-31-20-12-10-18(11-13-20)23-22(24(28)19-8-7-9-21(16-19)32-6-2)25(29)26(30)27(23)14-15-33-17(3)4/h7-13,16-17,23,28H,5-6,14-15H2,1-4H3/b24-22-. The Kier molecular flexibility index (Phi) is 8.11. The number of aliphatic hydroxyl groups excluding tert-OH is 1. The van der Waals surface area contributed by atoms with Crippen LogP contribution < -0.4 is 9.47 Å². The first-order valence-corrected chi connectivity index (χ1v) is 11.2. The molecule has 1 unspecified atom stereocenters. The summed E-state index contributed by atoms with van der Waals surface area (Å²) in [7, 11) is 0. The number of benzene rings is 2. The van der Waals surface area contributed by atoms with Crippen molar-refractivity contribution in [3.63, 3.8) is 0 Å². The average Bonchev–Trinajstić information content (AvgIpc) is 3.04. The van der Waals surface area contributed by atoms with E-state index in [4.69, 9.17) is 14.2 Å². The summed E-state index contributed by atoms with van der Waals surface area (Å²) < 4.78 is 16.7. The Labute approximate surface area is 194 Å². The van der Waals surface area contributed by atoms with Crippen molar-refractivity contribution in [1.29, 1.82) is 0 Å². The van der Waals surface area contributed by atoms with E-state index in [0.717, 1.165) is 0 Å². The van der Waals surface area contributed by atoms with E-state index in [1.165, 1.54) is 4.90 Å². The third-order valence-corrected chi connectivity index (χ3v) is 5.25. The zero-order valence-corrected chi connectivity index (χ0v) is 19.5. The number of ether oxygens (including phenoxy) is 3. The molecule has 2 aromatic rings. The minimum atomic E-state index is -0.743. The molecule has 1 heterocycles. The molecule has 0 radical (unpaired) electrons. The van der Waals surface area contributed by atoms with Crippen molar-refractivity contribution in [1.82, 2.24) is 4.90 Å². The van der Waals surface area contributed by atoms with Crippen LogP contribution in [0.5, 0.6) is 11.5 Å². The number of nitrogens with zero attached hydrogens (tertiary/aromatic N) is 1. The topological polar surface area (TPSA) is 85.3 Å². The van der Waals surface area contributed by atoms with Crippen molar-refractivity contribution in [2.75, 3.05) is 26.4 Å². The van der Waals surface area contributed by atoms with Crippen LogP contribution in [-0.2, 0) is 14.3 Å². The highest BCUT2D eigenvalue weighted by Crippen LogP contribution is 2.40. The lowest BCUT2D eigenvalue weighted by Crippen LogP contribution is -2.33. The summed E-state index contributed by atoms with van der Waals surface area (Å²) in [6.07, 6.45) is -0.00736. The third-order valence-electron chi connectivity index (χ3n) is 5.25. The van der Waals surface area contributed by atoms with E-state index in [-0.39, 0.29) is 30.6 Å². The molecule has 1 aliphatic rings. The van der Waals surface area contributed by atoms with Crippen LogP contribution in [0.25, 0.3) is 5.76 Å². The van der Waals surface area contributed by atoms with Gasteiger partial charge in [-0.15, -0.1) is 0 Å². The monoisotopic (exact) mass is 453 g/mol. The van der Waals surface area contributed by atoms with Gasteiger partial charge in [0.25, 0.3) is 11.7 Å². The molecule has 0 spiro atoms. The van der Waals surface area contributed by atoms with Crippen molar-refractivity contribution in [2.24, 2.45) is 0 Å². The van der Waals surface area contributed by atoms with Crippen LogP contribution in [0.15, 0.2) is 54.1 Å². The SMILES string of the molecule is CCOc1ccc(C2/C(=C(/O)c3cccc(OCC)c3)C(=O)C(=O)N2CCOC(C)C)cc1. The molecule has 1 aliphatic heterocycles. The fourth-order valence-corrected chi connectivity index (χ4v) is 3.81. The van der Waals surface area contributed by atoms with E-state index >= 15 is 0 Å². The Morgan fingerprint density at radius 3 is 2.30 bits per heavy atom. The summed E-state index contributed by atoms with van der Waals surface area (Å²) in [5.41, 5.74) is 1.15. The lowest BCUT2D eigenvalue weighted by atomic mass is 9.95. The van der Waals surface area contributed by atoms with Crippen LogP contribution in [0, 0.1) is 0 Å². The predicted molar refractivity (Wildman–Crippen MR) is 125 cm³/mol. The number of amides is 1. The molecular formula is C26H31NO6. The molecule has 1 amide bonds. The van der Waals surface area contributed by atoms with Crippen LogP contribution in [0.3, 0.4) is 0 Å². The fourth-order valence-electron chi connectivity index (χ4n) is 3.81. The van der Waals surface area contributed by atoms with Gasteiger partial charge in [-0.1, -0.05) is 24.3 Å². The number of hydrogen-bond donors (Lipinski definition) is 1.